The minimum absolute atomic E-state index is 0.0341. The quantitative estimate of drug-likeness (QED) is 0.313. The first-order valence-corrected chi connectivity index (χ1v) is 8.98. The van der Waals surface area contributed by atoms with E-state index in [4.69, 9.17) is 0 Å². The van der Waals surface area contributed by atoms with Crippen LogP contribution in [0.25, 0.3) is 0 Å². The van der Waals surface area contributed by atoms with Gasteiger partial charge in [0.2, 0.25) is 5.95 Å². The van der Waals surface area contributed by atoms with Gasteiger partial charge >= 0.3 is 18.7 Å². The van der Waals surface area contributed by atoms with Crippen molar-refractivity contribution in [2.24, 2.45) is 10.2 Å². The number of nitrogens with one attached hydrogen (secondary N) is 1. The Hall–Kier alpha value is -3.84. The fraction of sp³-hybridized carbons (Fsp3) is 0.211. The van der Waals surface area contributed by atoms with E-state index in [2.05, 4.69) is 35.2 Å². The van der Waals surface area contributed by atoms with Gasteiger partial charge < -0.3 is 10.1 Å². The molecule has 0 fully saturated rings. The summed E-state index contributed by atoms with van der Waals surface area (Å²) in [5, 5.41) is 10.2. The number of rotatable bonds is 8. The number of benzene rings is 2. The van der Waals surface area contributed by atoms with E-state index in [-0.39, 0.29) is 24.1 Å². The first-order valence-electron chi connectivity index (χ1n) is 8.98. The third-order valence-electron chi connectivity index (χ3n) is 3.85. The molecule has 0 aliphatic carbocycles. The lowest BCUT2D eigenvalue weighted by Crippen LogP contribution is -2.33. The molecule has 0 spiro atoms. The number of aromatic nitrogens is 3. The molecule has 174 valence electrons. The van der Waals surface area contributed by atoms with E-state index in [1.807, 2.05) is 0 Å². The van der Waals surface area contributed by atoms with Gasteiger partial charge in [-0.05, 0) is 35.9 Å². The lowest BCUT2D eigenvalue weighted by molar-refractivity contribution is -0.253. The Labute approximate surface area is 181 Å². The molecule has 0 bridgehead atoms. The molecular formula is C19H13F7N6O. The summed E-state index contributed by atoms with van der Waals surface area (Å²) in [5.74, 6) is -0.667. The Morgan fingerprint density at radius 1 is 0.970 bits per heavy atom. The molecule has 0 saturated carbocycles. The van der Waals surface area contributed by atoms with Crippen LogP contribution in [0, 0.1) is 0 Å². The molecule has 0 radical (unpaired) electrons. The Bertz CT molecular complexity index is 1110. The zero-order chi connectivity index (χ0) is 24.1. The van der Waals surface area contributed by atoms with Crippen molar-refractivity contribution in [1.82, 2.24) is 15.0 Å². The van der Waals surface area contributed by atoms with Gasteiger partial charge in [0, 0.05) is 5.69 Å². The first kappa shape index (κ1) is 23.8. The molecule has 3 aromatic rings. The van der Waals surface area contributed by atoms with Crippen molar-refractivity contribution in [3.63, 3.8) is 0 Å². The average Bonchev–Trinajstić information content (AvgIpc) is 2.75. The van der Waals surface area contributed by atoms with Gasteiger partial charge in [-0.3, -0.25) is 0 Å². The van der Waals surface area contributed by atoms with Crippen LogP contribution in [0.15, 0.2) is 65.1 Å². The second-order valence-electron chi connectivity index (χ2n) is 6.32. The summed E-state index contributed by atoms with van der Waals surface area (Å²) in [7, 11) is 0. The molecule has 0 aliphatic heterocycles. The maximum Gasteiger partial charge on any atom is 0.461 e. The third kappa shape index (κ3) is 6.82. The fourth-order valence-corrected chi connectivity index (χ4v) is 2.34. The van der Waals surface area contributed by atoms with Crippen LogP contribution in [-0.2, 0) is 12.7 Å². The Morgan fingerprint density at radius 3 is 2.36 bits per heavy atom. The molecule has 0 aliphatic rings. The maximum absolute atomic E-state index is 12.9. The van der Waals surface area contributed by atoms with Crippen molar-refractivity contribution in [3.8, 4) is 5.75 Å². The number of alkyl halides is 7. The lowest BCUT2D eigenvalue weighted by atomic mass is 10.2. The van der Waals surface area contributed by atoms with E-state index in [0.29, 0.717) is 5.56 Å². The molecule has 1 N–H and O–H groups in total. The maximum atomic E-state index is 12.9. The predicted octanol–water partition coefficient (Wildman–Crippen LogP) is 6.15. The zero-order valence-electron chi connectivity index (χ0n) is 16.3. The summed E-state index contributed by atoms with van der Waals surface area (Å²) < 4.78 is 92.5. The van der Waals surface area contributed by atoms with Crippen molar-refractivity contribution >= 4 is 17.6 Å². The van der Waals surface area contributed by atoms with Crippen LogP contribution in [-0.4, -0.2) is 27.5 Å². The largest absolute Gasteiger partial charge is 0.461 e. The number of azo groups is 1. The first-order chi connectivity index (χ1) is 15.5. The second kappa shape index (κ2) is 9.75. The van der Waals surface area contributed by atoms with Gasteiger partial charge in [0.1, 0.15) is 12.1 Å². The Kier molecular flexibility index (Phi) is 7.04. The molecule has 0 saturated heterocycles. The minimum Gasteiger partial charge on any atom is -0.428 e. The highest BCUT2D eigenvalue weighted by Crippen LogP contribution is 2.31. The van der Waals surface area contributed by atoms with Crippen LogP contribution in [0.3, 0.4) is 0 Å². The van der Waals surface area contributed by atoms with Crippen LogP contribution < -0.4 is 10.1 Å². The van der Waals surface area contributed by atoms with Crippen molar-refractivity contribution in [2.45, 2.75) is 25.3 Å². The smallest absolute Gasteiger partial charge is 0.428 e. The van der Waals surface area contributed by atoms with Gasteiger partial charge in [-0.15, -0.1) is 5.11 Å². The van der Waals surface area contributed by atoms with Crippen LogP contribution in [0.1, 0.15) is 11.1 Å². The third-order valence-corrected chi connectivity index (χ3v) is 3.85. The molecule has 33 heavy (non-hydrogen) atoms. The molecule has 7 nitrogen and oxygen atoms in total. The van der Waals surface area contributed by atoms with E-state index in [1.165, 1.54) is 24.3 Å². The highest BCUT2D eigenvalue weighted by Gasteiger charge is 2.43. The monoisotopic (exact) mass is 474 g/mol. The van der Waals surface area contributed by atoms with Crippen LogP contribution in [0.5, 0.6) is 5.75 Å². The topological polar surface area (TPSA) is 84.7 Å². The molecule has 0 atom stereocenters. The van der Waals surface area contributed by atoms with E-state index in [0.717, 1.165) is 30.6 Å². The van der Waals surface area contributed by atoms with Crippen LogP contribution >= 0.6 is 0 Å². The van der Waals surface area contributed by atoms with Crippen molar-refractivity contribution < 1.29 is 35.5 Å². The summed E-state index contributed by atoms with van der Waals surface area (Å²) in [6.45, 7) is -0.0341. The van der Waals surface area contributed by atoms with Gasteiger partial charge in [-0.25, -0.2) is 4.98 Å². The normalized spacial score (nSPS) is 12.4. The minimum atomic E-state index is -4.61. The van der Waals surface area contributed by atoms with Crippen LogP contribution in [0.4, 0.5) is 48.3 Å². The summed E-state index contributed by atoms with van der Waals surface area (Å²) in [5.41, 5.74) is -0.266. The summed E-state index contributed by atoms with van der Waals surface area (Å²) >= 11 is 0. The number of hydrogen-bond acceptors (Lipinski definition) is 7. The predicted molar refractivity (Wildman–Crippen MR) is 101 cm³/mol. The van der Waals surface area contributed by atoms with Crippen LogP contribution in [0.2, 0.25) is 0 Å². The number of anilines is 2. The SMILES string of the molecule is FC(F)C(F)(F)Oc1ccc(CN=Nc2ncnc(Nc3cccc(C(F)(F)F)c3)n2)cc1. The van der Waals surface area contributed by atoms with E-state index in [9.17, 15) is 30.7 Å². The molecule has 3 rings (SSSR count). The Balaban J connectivity index is 1.61. The number of nitrogens with zero attached hydrogens (tertiary/aromatic N) is 5. The fourth-order valence-electron chi connectivity index (χ4n) is 2.34. The van der Waals surface area contributed by atoms with Crippen molar-refractivity contribution in [3.05, 3.63) is 66.0 Å². The average molecular weight is 474 g/mol. The molecule has 0 unspecified atom stereocenters. The second-order valence-corrected chi connectivity index (χ2v) is 6.32. The molecule has 14 heteroatoms. The molecule has 1 aromatic heterocycles. The van der Waals surface area contributed by atoms with E-state index < -0.39 is 30.0 Å². The highest BCUT2D eigenvalue weighted by molar-refractivity contribution is 5.55. The molecular weight excluding hydrogens is 461 g/mol. The zero-order valence-corrected chi connectivity index (χ0v) is 16.3. The van der Waals surface area contributed by atoms with E-state index in [1.54, 1.807) is 0 Å². The van der Waals surface area contributed by atoms with Gasteiger partial charge in [0.25, 0.3) is 5.95 Å². The summed E-state index contributed by atoms with van der Waals surface area (Å²) in [4.78, 5) is 11.5. The summed E-state index contributed by atoms with van der Waals surface area (Å²) in [6, 6.07) is 9.20. The van der Waals surface area contributed by atoms with Gasteiger partial charge in [-0.2, -0.15) is 45.8 Å². The molecule has 0 amide bonds. The number of hydrogen-bond donors (Lipinski definition) is 1. The lowest BCUT2D eigenvalue weighted by Gasteiger charge is -2.16. The van der Waals surface area contributed by atoms with Gasteiger partial charge in [0.15, 0.2) is 0 Å². The van der Waals surface area contributed by atoms with E-state index >= 15 is 0 Å². The Morgan fingerprint density at radius 2 is 1.70 bits per heavy atom. The van der Waals surface area contributed by atoms with Gasteiger partial charge in [0.05, 0.1) is 12.1 Å². The van der Waals surface area contributed by atoms with Crippen molar-refractivity contribution in [1.29, 1.82) is 0 Å². The number of ether oxygens (including phenoxy) is 1. The van der Waals surface area contributed by atoms with Crippen molar-refractivity contribution in [2.75, 3.05) is 5.32 Å². The molecule has 2 aromatic carbocycles. The number of halogens is 7. The highest BCUT2D eigenvalue weighted by atomic mass is 19.4. The molecule has 1 heterocycles. The summed E-state index contributed by atoms with van der Waals surface area (Å²) in [6.07, 6.45) is -12.0. The van der Waals surface area contributed by atoms with Gasteiger partial charge in [-0.1, -0.05) is 18.2 Å². The standard InChI is InChI=1S/C19H13F7N6O/c20-15(21)19(25,26)33-14-6-4-11(5-7-14)9-29-32-17-28-10-27-16(31-17)30-13-3-1-2-12(8-13)18(22,23)24/h1-8,10,15H,9H2,(H,27,28,30,31).